The molecule has 0 aromatic carbocycles. The van der Waals surface area contributed by atoms with E-state index in [1.165, 1.54) is 11.1 Å². The zero-order valence-corrected chi connectivity index (χ0v) is 10.3. The van der Waals surface area contributed by atoms with Gasteiger partial charge in [0, 0.05) is 5.92 Å². The molecule has 0 rings (SSSR count). The second kappa shape index (κ2) is 8.22. The Balaban J connectivity index is 3.94. The summed E-state index contributed by atoms with van der Waals surface area (Å²) in [4.78, 5) is 10.3. The van der Waals surface area contributed by atoms with E-state index < -0.39 is 0 Å². The van der Waals surface area contributed by atoms with Gasteiger partial charge in [0.15, 0.2) is 0 Å². The summed E-state index contributed by atoms with van der Waals surface area (Å²) in [5.74, 6) is 0.0202. The smallest absolute Gasteiger partial charge is 0.126 e. The maximum Gasteiger partial charge on any atom is 0.126 e. The summed E-state index contributed by atoms with van der Waals surface area (Å²) < 4.78 is 0. The van der Waals surface area contributed by atoms with Crippen molar-refractivity contribution < 1.29 is 4.79 Å². The molecule has 15 heavy (non-hydrogen) atoms. The lowest BCUT2D eigenvalue weighted by atomic mass is 10.1. The second-order valence-electron chi connectivity index (χ2n) is 4.21. The number of rotatable bonds is 6. The highest BCUT2D eigenvalue weighted by Gasteiger charge is 1.90. The van der Waals surface area contributed by atoms with Gasteiger partial charge in [0.2, 0.25) is 0 Å². The molecule has 0 aromatic heterocycles. The van der Waals surface area contributed by atoms with E-state index in [1.807, 2.05) is 19.1 Å². The van der Waals surface area contributed by atoms with E-state index in [0.29, 0.717) is 0 Å². The summed E-state index contributed by atoms with van der Waals surface area (Å²) in [5, 5.41) is 0. The molecular formula is C14H22O. The van der Waals surface area contributed by atoms with Crippen LogP contribution in [0.2, 0.25) is 0 Å². The Morgan fingerprint density at radius 1 is 1.27 bits per heavy atom. The number of hydrogen-bond acceptors (Lipinski definition) is 1. The van der Waals surface area contributed by atoms with Crippen LogP contribution in [0, 0.1) is 5.92 Å². The molecule has 84 valence electrons. The van der Waals surface area contributed by atoms with Gasteiger partial charge >= 0.3 is 0 Å². The molecule has 0 aromatic rings. The Morgan fingerprint density at radius 2 is 1.93 bits per heavy atom. The van der Waals surface area contributed by atoms with Crippen LogP contribution in [0.3, 0.4) is 0 Å². The van der Waals surface area contributed by atoms with E-state index in [-0.39, 0.29) is 5.92 Å². The first kappa shape index (κ1) is 13.9. The Bertz CT molecular complexity index is 265. The molecule has 1 nitrogen and oxygen atoms in total. The van der Waals surface area contributed by atoms with Gasteiger partial charge in [0.25, 0.3) is 0 Å². The Hall–Kier alpha value is -1.11. The predicted octanol–water partition coefficient (Wildman–Crippen LogP) is 4.07. The van der Waals surface area contributed by atoms with Crippen molar-refractivity contribution in [3.8, 4) is 0 Å². The average molecular weight is 206 g/mol. The van der Waals surface area contributed by atoms with Gasteiger partial charge in [-0.2, -0.15) is 0 Å². The molecule has 0 N–H and O–H groups in total. The van der Waals surface area contributed by atoms with Crippen molar-refractivity contribution in [2.45, 2.75) is 40.5 Å². The minimum atomic E-state index is 0.0202. The van der Waals surface area contributed by atoms with Gasteiger partial charge in [0.05, 0.1) is 0 Å². The highest BCUT2D eigenvalue weighted by Crippen LogP contribution is 2.07. The maximum absolute atomic E-state index is 10.3. The molecule has 0 aliphatic carbocycles. The fraction of sp³-hybridized carbons (Fsp3) is 0.500. The van der Waals surface area contributed by atoms with Gasteiger partial charge in [-0.25, -0.2) is 0 Å². The SMILES string of the molecule is CC(C)=CCC/C(C)=C/C=C/C(C)C=O. The third-order valence-electron chi connectivity index (χ3n) is 2.10. The molecular weight excluding hydrogens is 184 g/mol. The molecule has 0 spiro atoms. The molecule has 0 aliphatic rings. The van der Waals surface area contributed by atoms with Crippen LogP contribution in [0.1, 0.15) is 40.5 Å². The number of hydrogen-bond donors (Lipinski definition) is 0. The monoisotopic (exact) mass is 206 g/mol. The molecule has 1 atom stereocenters. The summed E-state index contributed by atoms with van der Waals surface area (Å²) in [7, 11) is 0. The Morgan fingerprint density at radius 3 is 2.47 bits per heavy atom. The standard InChI is InChI=1S/C14H22O/c1-12(2)7-5-8-13(3)9-6-10-14(4)11-15/h6-7,9-11,14H,5,8H2,1-4H3/b10-6+,13-9+. The van der Waals surface area contributed by atoms with Crippen molar-refractivity contribution >= 4 is 6.29 Å². The van der Waals surface area contributed by atoms with Crippen molar-refractivity contribution in [1.82, 2.24) is 0 Å². The molecule has 0 bridgehead atoms. The highest BCUT2D eigenvalue weighted by atomic mass is 16.1. The van der Waals surface area contributed by atoms with Crippen LogP contribution in [0.4, 0.5) is 0 Å². The molecule has 1 heteroatoms. The average Bonchev–Trinajstić information content (AvgIpc) is 2.17. The minimum absolute atomic E-state index is 0.0202. The third kappa shape index (κ3) is 9.20. The summed E-state index contributed by atoms with van der Waals surface area (Å²) >= 11 is 0. The van der Waals surface area contributed by atoms with E-state index in [1.54, 1.807) is 0 Å². The summed E-state index contributed by atoms with van der Waals surface area (Å²) in [6.07, 6.45) is 11.3. The fourth-order valence-electron chi connectivity index (χ4n) is 1.11. The van der Waals surface area contributed by atoms with Crippen LogP contribution in [-0.2, 0) is 4.79 Å². The molecule has 0 aliphatic heterocycles. The van der Waals surface area contributed by atoms with Crippen molar-refractivity contribution in [1.29, 1.82) is 0 Å². The van der Waals surface area contributed by atoms with Crippen LogP contribution < -0.4 is 0 Å². The molecule has 0 saturated heterocycles. The van der Waals surface area contributed by atoms with Crippen molar-refractivity contribution in [2.75, 3.05) is 0 Å². The molecule has 0 heterocycles. The number of carbonyl (C=O) groups excluding carboxylic acids is 1. The van der Waals surface area contributed by atoms with E-state index in [0.717, 1.165) is 19.1 Å². The lowest BCUT2D eigenvalue weighted by Gasteiger charge is -1.97. The molecule has 0 radical (unpaired) electrons. The summed E-state index contributed by atoms with van der Waals surface area (Å²) in [5.41, 5.74) is 2.72. The lowest BCUT2D eigenvalue weighted by Crippen LogP contribution is -1.87. The second-order valence-corrected chi connectivity index (χ2v) is 4.21. The van der Waals surface area contributed by atoms with Gasteiger partial charge in [-0.15, -0.1) is 0 Å². The molecule has 0 amide bonds. The van der Waals surface area contributed by atoms with Gasteiger partial charge in [-0.3, -0.25) is 0 Å². The van der Waals surface area contributed by atoms with Gasteiger partial charge < -0.3 is 4.79 Å². The first-order valence-corrected chi connectivity index (χ1v) is 5.49. The minimum Gasteiger partial charge on any atom is -0.303 e. The Kier molecular flexibility index (Phi) is 7.61. The summed E-state index contributed by atoms with van der Waals surface area (Å²) in [6.45, 7) is 8.24. The van der Waals surface area contributed by atoms with Gasteiger partial charge in [0.1, 0.15) is 6.29 Å². The highest BCUT2D eigenvalue weighted by molar-refractivity contribution is 5.55. The third-order valence-corrected chi connectivity index (χ3v) is 2.10. The van der Waals surface area contributed by atoms with Crippen LogP contribution in [-0.4, -0.2) is 6.29 Å². The quantitative estimate of drug-likeness (QED) is 0.364. The molecule has 0 saturated carbocycles. The fourth-order valence-corrected chi connectivity index (χ4v) is 1.11. The van der Waals surface area contributed by atoms with E-state index in [2.05, 4.69) is 32.9 Å². The van der Waals surface area contributed by atoms with Gasteiger partial charge in [-0.05, 0) is 33.6 Å². The topological polar surface area (TPSA) is 17.1 Å². The number of aldehydes is 1. The van der Waals surface area contributed by atoms with E-state index in [4.69, 9.17) is 0 Å². The number of carbonyl (C=O) groups is 1. The zero-order chi connectivity index (χ0) is 11.7. The van der Waals surface area contributed by atoms with Gasteiger partial charge in [-0.1, -0.05) is 42.4 Å². The first-order chi connectivity index (χ1) is 7.06. The van der Waals surface area contributed by atoms with Crippen LogP contribution in [0.15, 0.2) is 35.5 Å². The molecule has 0 fully saturated rings. The summed E-state index contributed by atoms with van der Waals surface area (Å²) in [6, 6.07) is 0. The van der Waals surface area contributed by atoms with E-state index >= 15 is 0 Å². The Labute approximate surface area is 93.6 Å². The van der Waals surface area contributed by atoms with Crippen LogP contribution in [0.5, 0.6) is 0 Å². The molecule has 1 unspecified atom stereocenters. The first-order valence-electron chi connectivity index (χ1n) is 5.49. The maximum atomic E-state index is 10.3. The van der Waals surface area contributed by atoms with Crippen LogP contribution in [0.25, 0.3) is 0 Å². The largest absolute Gasteiger partial charge is 0.303 e. The van der Waals surface area contributed by atoms with Crippen LogP contribution >= 0.6 is 0 Å². The van der Waals surface area contributed by atoms with Crippen molar-refractivity contribution in [2.24, 2.45) is 5.92 Å². The zero-order valence-electron chi connectivity index (χ0n) is 10.3. The van der Waals surface area contributed by atoms with E-state index in [9.17, 15) is 4.79 Å². The van der Waals surface area contributed by atoms with Crippen molar-refractivity contribution in [3.63, 3.8) is 0 Å². The number of allylic oxidation sites excluding steroid dienone is 6. The predicted molar refractivity (Wildman–Crippen MR) is 66.8 cm³/mol. The normalized spacial score (nSPS) is 14.0. The lowest BCUT2D eigenvalue weighted by molar-refractivity contribution is -0.109. The van der Waals surface area contributed by atoms with Crippen molar-refractivity contribution in [3.05, 3.63) is 35.5 Å².